The molecule has 1 fully saturated rings. The van der Waals surface area contributed by atoms with Crippen LogP contribution in [0.15, 0.2) is 34.9 Å². The van der Waals surface area contributed by atoms with Crippen molar-refractivity contribution in [2.45, 2.75) is 44.9 Å². The molecule has 2 aliphatic rings. The van der Waals surface area contributed by atoms with E-state index < -0.39 is 12.1 Å². The van der Waals surface area contributed by atoms with E-state index in [0.717, 1.165) is 12.0 Å². The van der Waals surface area contributed by atoms with Gasteiger partial charge >= 0.3 is 0 Å². The second-order valence-corrected chi connectivity index (χ2v) is 7.34. The van der Waals surface area contributed by atoms with E-state index in [1.54, 1.807) is 17.9 Å². The van der Waals surface area contributed by atoms with Crippen LogP contribution in [0.3, 0.4) is 0 Å². The number of β-amino-alcohol motifs (C(OH)–C–C–N with tert-alkyl or cyclic N) is 1. The number of nitrogens with zero attached hydrogens (tertiary/aromatic N) is 3. The van der Waals surface area contributed by atoms with Crippen molar-refractivity contribution in [2.75, 3.05) is 13.1 Å². The molecule has 2 aliphatic heterocycles. The van der Waals surface area contributed by atoms with Gasteiger partial charge in [-0.3, -0.25) is 9.59 Å². The first-order chi connectivity index (χ1) is 13.0. The number of amides is 2. The highest BCUT2D eigenvalue weighted by molar-refractivity contribution is 5.89. The summed E-state index contributed by atoms with van der Waals surface area (Å²) in [6.45, 7) is 3.14. The smallest absolute Gasteiger partial charge is 0.245 e. The topological polar surface area (TPSA) is 86.9 Å². The highest BCUT2D eigenvalue weighted by Gasteiger charge is 2.41. The predicted octanol–water partition coefficient (Wildman–Crippen LogP) is 1.07. The van der Waals surface area contributed by atoms with E-state index in [9.17, 15) is 14.7 Å². The fourth-order valence-corrected chi connectivity index (χ4v) is 3.97. The lowest BCUT2D eigenvalue weighted by Crippen LogP contribution is -2.49. The first-order valence-corrected chi connectivity index (χ1v) is 9.26. The molecule has 7 nitrogen and oxygen atoms in total. The molecule has 0 bridgehead atoms. The number of hydrogen-bond acceptors (Lipinski definition) is 5. The highest BCUT2D eigenvalue weighted by atomic mass is 16.5. The Bertz CT molecular complexity index is 862. The number of rotatable bonds is 3. The second kappa shape index (κ2) is 7.15. The molecule has 1 aromatic carbocycles. The Kier molecular flexibility index (Phi) is 4.70. The minimum Gasteiger partial charge on any atom is -0.391 e. The number of hydrogen-bond donors (Lipinski definition) is 1. The van der Waals surface area contributed by atoms with Crippen molar-refractivity contribution in [3.8, 4) is 0 Å². The van der Waals surface area contributed by atoms with E-state index in [4.69, 9.17) is 4.52 Å². The van der Waals surface area contributed by atoms with Gasteiger partial charge in [-0.05, 0) is 24.5 Å². The molecule has 2 atom stereocenters. The SMILES string of the molecule is Cc1cc(CC(=O)N2CC(O)CC2C(=O)N2CCc3ccccc3C2)on1. The first kappa shape index (κ1) is 17.7. The van der Waals surface area contributed by atoms with Crippen molar-refractivity contribution in [1.29, 1.82) is 0 Å². The molecule has 3 heterocycles. The lowest BCUT2D eigenvalue weighted by atomic mass is 9.99. The van der Waals surface area contributed by atoms with Crippen LogP contribution >= 0.6 is 0 Å². The van der Waals surface area contributed by atoms with Crippen molar-refractivity contribution in [1.82, 2.24) is 15.0 Å². The number of carbonyl (C=O) groups is 2. The fourth-order valence-electron chi connectivity index (χ4n) is 3.97. The number of aromatic nitrogens is 1. The number of likely N-dealkylation sites (tertiary alicyclic amines) is 1. The molecule has 27 heavy (non-hydrogen) atoms. The predicted molar refractivity (Wildman–Crippen MR) is 96.6 cm³/mol. The van der Waals surface area contributed by atoms with Crippen LogP contribution < -0.4 is 0 Å². The number of aliphatic hydroxyl groups is 1. The van der Waals surface area contributed by atoms with Crippen LogP contribution in [0.2, 0.25) is 0 Å². The lowest BCUT2D eigenvalue weighted by Gasteiger charge is -2.33. The first-order valence-electron chi connectivity index (χ1n) is 9.26. The van der Waals surface area contributed by atoms with E-state index >= 15 is 0 Å². The van der Waals surface area contributed by atoms with E-state index in [-0.39, 0.29) is 31.2 Å². The Morgan fingerprint density at radius 2 is 2.07 bits per heavy atom. The van der Waals surface area contributed by atoms with Gasteiger partial charge in [0.05, 0.1) is 18.2 Å². The van der Waals surface area contributed by atoms with Crippen LogP contribution in [0.25, 0.3) is 0 Å². The summed E-state index contributed by atoms with van der Waals surface area (Å²) in [4.78, 5) is 29.1. The maximum atomic E-state index is 13.1. The molecule has 0 aliphatic carbocycles. The van der Waals surface area contributed by atoms with E-state index in [0.29, 0.717) is 24.5 Å². The van der Waals surface area contributed by atoms with Crippen molar-refractivity contribution in [2.24, 2.45) is 0 Å². The lowest BCUT2D eigenvalue weighted by molar-refractivity contribution is -0.144. The van der Waals surface area contributed by atoms with Gasteiger partial charge in [0.25, 0.3) is 0 Å². The van der Waals surface area contributed by atoms with Gasteiger partial charge in [0.15, 0.2) is 0 Å². The minimum absolute atomic E-state index is 0.0418. The summed E-state index contributed by atoms with van der Waals surface area (Å²) >= 11 is 0. The average Bonchev–Trinajstić information content (AvgIpc) is 3.26. The second-order valence-electron chi connectivity index (χ2n) is 7.34. The van der Waals surface area contributed by atoms with Crippen LogP contribution in [0, 0.1) is 6.92 Å². The molecule has 2 amide bonds. The number of carbonyl (C=O) groups excluding carboxylic acids is 2. The van der Waals surface area contributed by atoms with Crippen molar-refractivity contribution in [3.05, 3.63) is 52.9 Å². The van der Waals surface area contributed by atoms with Crippen LogP contribution in [0.1, 0.15) is 29.0 Å². The molecule has 2 unspecified atom stereocenters. The zero-order chi connectivity index (χ0) is 19.0. The molecule has 4 rings (SSSR count). The largest absolute Gasteiger partial charge is 0.391 e. The molecule has 142 valence electrons. The van der Waals surface area contributed by atoms with Crippen LogP contribution in [-0.2, 0) is 29.0 Å². The molecular weight excluding hydrogens is 346 g/mol. The quantitative estimate of drug-likeness (QED) is 0.875. The van der Waals surface area contributed by atoms with Gasteiger partial charge < -0.3 is 19.4 Å². The van der Waals surface area contributed by atoms with Gasteiger partial charge in [-0.1, -0.05) is 29.4 Å². The number of aliphatic hydroxyl groups excluding tert-OH is 1. The number of aryl methyl sites for hydroxylation is 1. The Hall–Kier alpha value is -2.67. The van der Waals surface area contributed by atoms with Crippen LogP contribution in [0.5, 0.6) is 0 Å². The minimum atomic E-state index is -0.684. The summed E-state index contributed by atoms with van der Waals surface area (Å²) < 4.78 is 5.12. The van der Waals surface area contributed by atoms with Gasteiger partial charge in [-0.2, -0.15) is 0 Å². The number of benzene rings is 1. The van der Waals surface area contributed by atoms with Gasteiger partial charge in [-0.15, -0.1) is 0 Å². The molecule has 2 aromatic rings. The van der Waals surface area contributed by atoms with Gasteiger partial charge in [0.2, 0.25) is 11.8 Å². The summed E-state index contributed by atoms with van der Waals surface area (Å²) in [5.41, 5.74) is 3.12. The van der Waals surface area contributed by atoms with E-state index in [1.807, 2.05) is 18.2 Å². The third-order valence-corrected chi connectivity index (χ3v) is 5.33. The Labute approximate surface area is 157 Å². The molecule has 1 N–H and O–H groups in total. The van der Waals surface area contributed by atoms with E-state index in [2.05, 4.69) is 11.2 Å². The number of fused-ring (bicyclic) bond motifs is 1. The average molecular weight is 369 g/mol. The summed E-state index contributed by atoms with van der Waals surface area (Å²) in [6.07, 6.45) is 0.442. The normalized spacial score (nSPS) is 22.0. The van der Waals surface area contributed by atoms with Gasteiger partial charge in [0, 0.05) is 32.1 Å². The van der Waals surface area contributed by atoms with Gasteiger partial charge in [-0.25, -0.2) is 0 Å². The third kappa shape index (κ3) is 3.60. The van der Waals surface area contributed by atoms with Crippen molar-refractivity contribution >= 4 is 11.8 Å². The molecule has 7 heteroatoms. The molecule has 0 spiro atoms. The maximum Gasteiger partial charge on any atom is 0.245 e. The zero-order valence-corrected chi connectivity index (χ0v) is 15.3. The van der Waals surface area contributed by atoms with Crippen molar-refractivity contribution in [3.63, 3.8) is 0 Å². The monoisotopic (exact) mass is 369 g/mol. The summed E-state index contributed by atoms with van der Waals surface area (Å²) in [5, 5.41) is 13.9. The Morgan fingerprint density at radius 3 is 2.81 bits per heavy atom. The van der Waals surface area contributed by atoms with E-state index in [1.165, 1.54) is 10.5 Å². The molecule has 1 aromatic heterocycles. The molecule has 1 saturated heterocycles. The molecular formula is C20H23N3O4. The van der Waals surface area contributed by atoms with Gasteiger partial charge in [0.1, 0.15) is 11.8 Å². The molecule has 0 saturated carbocycles. The van der Waals surface area contributed by atoms with Crippen LogP contribution in [-0.4, -0.2) is 57.1 Å². The standard InChI is InChI=1S/C20H23N3O4/c1-13-8-17(27-21-13)10-19(25)23-12-16(24)9-18(23)20(26)22-7-6-14-4-2-3-5-15(14)11-22/h2-5,8,16,18,24H,6-7,9-12H2,1H3. The Morgan fingerprint density at radius 1 is 1.30 bits per heavy atom. The summed E-state index contributed by atoms with van der Waals surface area (Å²) in [6, 6.07) is 9.19. The zero-order valence-electron chi connectivity index (χ0n) is 15.3. The molecule has 0 radical (unpaired) electrons. The third-order valence-electron chi connectivity index (χ3n) is 5.33. The Balaban J connectivity index is 1.47. The van der Waals surface area contributed by atoms with Crippen LogP contribution in [0.4, 0.5) is 0 Å². The summed E-state index contributed by atoms with van der Waals surface area (Å²) in [5.74, 6) is 0.151. The maximum absolute atomic E-state index is 13.1. The summed E-state index contributed by atoms with van der Waals surface area (Å²) in [7, 11) is 0. The fraction of sp³-hybridized carbons (Fsp3) is 0.450. The van der Waals surface area contributed by atoms with Crippen molar-refractivity contribution < 1.29 is 19.2 Å². The highest BCUT2D eigenvalue weighted by Crippen LogP contribution is 2.25.